The van der Waals surface area contributed by atoms with E-state index in [0.717, 1.165) is 35.7 Å². The molecule has 6 rings (SSSR count). The number of hydrogen-bond acceptors (Lipinski definition) is 24. The number of fused-ring (bicyclic) bond motifs is 1. The van der Waals surface area contributed by atoms with E-state index in [-0.39, 0.29) is 93.9 Å². The third kappa shape index (κ3) is 19.5. The molecule has 2 aliphatic carbocycles. The minimum atomic E-state index is -0.660. The minimum absolute atomic E-state index is 0.0929. The molecule has 2 fully saturated rings. The van der Waals surface area contributed by atoms with Crippen LogP contribution in [0.1, 0.15) is 88.2 Å². The Balaban J connectivity index is 0.915. The fourth-order valence-corrected chi connectivity index (χ4v) is 10.7. The molecule has 0 radical (unpaired) electrons. The molecule has 22 nitrogen and oxygen atoms in total. The molecule has 1 aliphatic heterocycles. The molecule has 430 valence electrons. The normalized spacial score (nSPS) is 16.8. The predicted octanol–water partition coefficient (Wildman–Crippen LogP) is 7.97. The van der Waals surface area contributed by atoms with Crippen LogP contribution < -0.4 is 18.9 Å². The number of nitriles is 2. The van der Waals surface area contributed by atoms with E-state index >= 15 is 0 Å². The minimum Gasteiger partial charge on any atom is -0.462 e. The molecule has 0 N–H and O–H groups in total. The summed E-state index contributed by atoms with van der Waals surface area (Å²) < 4.78 is 53.0. The van der Waals surface area contributed by atoms with Gasteiger partial charge in [0.15, 0.2) is 0 Å². The van der Waals surface area contributed by atoms with Gasteiger partial charge in [-0.05, 0) is 98.9 Å². The monoisotopic (exact) mass is 1160 g/mol. The fraction of sp³-hybridized carbons (Fsp3) is 0.379. The van der Waals surface area contributed by atoms with Gasteiger partial charge in [0.1, 0.15) is 80.4 Å². The Morgan fingerprint density at radius 2 is 0.744 bits per heavy atom. The summed E-state index contributed by atoms with van der Waals surface area (Å²) in [4.78, 5) is 124. The highest BCUT2D eigenvalue weighted by Gasteiger charge is 2.37. The van der Waals surface area contributed by atoms with E-state index in [1.165, 1.54) is 12.1 Å². The molecular weight excluding hydrogens is 1110 g/mol. The quantitative estimate of drug-likeness (QED) is 0.0184. The van der Waals surface area contributed by atoms with Crippen LogP contribution in [0, 0.1) is 46.3 Å². The standard InChI is InChI=1S/C58H56N2O20S2/c1-3-46(61)71-27-29-73-48(63)23-25-50(65)75-33-35-5-17-42(18-6-35)77-54(67)37-9-13-39(14-10-37)56(69)79-44-21-22-45(53-52(44)81-58(82-53)41(31-59)32-60)80-57(70)40-15-11-38(12-16-40)55(68)78-43-19-7-36(8-20-43)34-76-51(66)26-24-49(64)74-30-28-72-47(62)4-2/h3-8,17-22,37-40H,1-2,9-16,23-30,33-34H2. The molecule has 0 bridgehead atoms. The van der Waals surface area contributed by atoms with Crippen molar-refractivity contribution in [2.75, 3.05) is 26.4 Å². The van der Waals surface area contributed by atoms with Gasteiger partial charge >= 0.3 is 59.7 Å². The summed E-state index contributed by atoms with van der Waals surface area (Å²) in [5.41, 5.74) is 1.02. The number of thioether (sulfide) groups is 2. The highest BCUT2D eigenvalue weighted by molar-refractivity contribution is 8.24. The van der Waals surface area contributed by atoms with Gasteiger partial charge in [-0.1, -0.05) is 60.9 Å². The van der Waals surface area contributed by atoms with Gasteiger partial charge in [-0.3, -0.25) is 38.4 Å². The average Bonchev–Trinajstić information content (AvgIpc) is 4.17. The van der Waals surface area contributed by atoms with Crippen molar-refractivity contribution in [3.05, 3.63) is 107 Å². The van der Waals surface area contributed by atoms with Crippen LogP contribution in [0.25, 0.3) is 0 Å². The van der Waals surface area contributed by atoms with Crippen LogP contribution in [-0.2, 0) is 89.6 Å². The van der Waals surface area contributed by atoms with E-state index in [1.54, 1.807) is 48.5 Å². The van der Waals surface area contributed by atoms with Crippen LogP contribution in [0.15, 0.2) is 106 Å². The first-order valence-electron chi connectivity index (χ1n) is 25.9. The number of hydrogen-bond donors (Lipinski definition) is 0. The lowest BCUT2D eigenvalue weighted by atomic mass is 9.82. The van der Waals surface area contributed by atoms with E-state index in [9.17, 15) is 58.5 Å². The van der Waals surface area contributed by atoms with Crippen molar-refractivity contribution in [3.8, 4) is 35.1 Å². The number of benzene rings is 3. The third-order valence-electron chi connectivity index (χ3n) is 12.7. The Bertz CT molecular complexity index is 2820. The molecule has 0 unspecified atom stereocenters. The van der Waals surface area contributed by atoms with Gasteiger partial charge < -0.3 is 47.4 Å². The molecule has 82 heavy (non-hydrogen) atoms. The number of carbonyl (C=O) groups is 10. The van der Waals surface area contributed by atoms with Gasteiger partial charge in [0, 0.05) is 12.2 Å². The van der Waals surface area contributed by atoms with Crippen molar-refractivity contribution in [1.29, 1.82) is 10.5 Å². The topological polar surface area (TPSA) is 311 Å². The molecular formula is C58H56N2O20S2. The van der Waals surface area contributed by atoms with Crippen LogP contribution in [0.5, 0.6) is 23.0 Å². The summed E-state index contributed by atoms with van der Waals surface area (Å²) in [6.45, 7) is 5.71. The molecule has 24 heteroatoms. The first kappa shape index (κ1) is 62.5. The van der Waals surface area contributed by atoms with E-state index < -0.39 is 83.4 Å². The lowest BCUT2D eigenvalue weighted by Crippen LogP contribution is -2.30. The van der Waals surface area contributed by atoms with Crippen LogP contribution in [0.4, 0.5) is 0 Å². The maximum atomic E-state index is 13.6. The summed E-state index contributed by atoms with van der Waals surface area (Å²) in [6.07, 6.45) is 3.71. The second-order valence-electron chi connectivity index (χ2n) is 18.4. The fourth-order valence-electron chi connectivity index (χ4n) is 8.26. The second kappa shape index (κ2) is 31.9. The Labute approximate surface area is 479 Å². The van der Waals surface area contributed by atoms with E-state index in [2.05, 4.69) is 13.2 Å². The molecule has 3 aromatic carbocycles. The summed E-state index contributed by atoms with van der Waals surface area (Å²) in [7, 11) is 0. The second-order valence-corrected chi connectivity index (χ2v) is 20.7. The number of esters is 10. The first-order chi connectivity index (χ1) is 39.5. The van der Waals surface area contributed by atoms with Gasteiger partial charge in [0.2, 0.25) is 0 Å². The van der Waals surface area contributed by atoms with E-state index in [0.29, 0.717) is 76.5 Å². The number of rotatable bonds is 26. The zero-order chi connectivity index (χ0) is 59.0. The maximum absolute atomic E-state index is 13.6. The van der Waals surface area contributed by atoms with Crippen molar-refractivity contribution >= 4 is 83.2 Å². The third-order valence-corrected chi connectivity index (χ3v) is 15.4. The molecule has 0 aromatic heterocycles. The zero-order valence-electron chi connectivity index (χ0n) is 44.3. The molecule has 0 atom stereocenters. The van der Waals surface area contributed by atoms with Gasteiger partial charge in [-0.2, -0.15) is 10.5 Å². The van der Waals surface area contributed by atoms with Crippen molar-refractivity contribution in [2.45, 2.75) is 100 Å². The van der Waals surface area contributed by atoms with Crippen LogP contribution in [-0.4, -0.2) is 86.1 Å². The maximum Gasteiger partial charge on any atom is 0.330 e. The zero-order valence-corrected chi connectivity index (χ0v) is 45.9. The molecule has 3 aliphatic rings. The molecule has 3 aromatic rings. The number of allylic oxidation sites excluding steroid dienone is 1. The van der Waals surface area contributed by atoms with Gasteiger partial charge in [0.05, 0.1) is 63.4 Å². The molecule has 0 amide bonds. The van der Waals surface area contributed by atoms with Gasteiger partial charge in [0.25, 0.3) is 0 Å². The van der Waals surface area contributed by atoms with E-state index in [4.69, 9.17) is 47.4 Å². The van der Waals surface area contributed by atoms with E-state index in [1.807, 2.05) is 12.1 Å². The molecule has 2 saturated carbocycles. The Morgan fingerprint density at radius 3 is 1.06 bits per heavy atom. The Kier molecular flexibility index (Phi) is 24.3. The van der Waals surface area contributed by atoms with Gasteiger partial charge in [-0.25, -0.2) is 9.59 Å². The summed E-state index contributed by atoms with van der Waals surface area (Å²) in [6, 6.07) is 19.4. The number of nitrogens with zero attached hydrogens (tertiary/aromatic N) is 2. The largest absolute Gasteiger partial charge is 0.462 e. The van der Waals surface area contributed by atoms with Crippen molar-refractivity contribution < 1.29 is 95.3 Å². The first-order valence-corrected chi connectivity index (χ1v) is 27.5. The highest BCUT2D eigenvalue weighted by atomic mass is 32.2. The smallest absolute Gasteiger partial charge is 0.330 e. The lowest BCUT2D eigenvalue weighted by molar-refractivity contribution is -0.153. The lowest BCUT2D eigenvalue weighted by Gasteiger charge is -2.26. The summed E-state index contributed by atoms with van der Waals surface area (Å²) >= 11 is 2.07. The average molecular weight is 1170 g/mol. The molecule has 1 heterocycles. The predicted molar refractivity (Wildman–Crippen MR) is 285 cm³/mol. The summed E-state index contributed by atoms with van der Waals surface area (Å²) in [5, 5.41) is 19.4. The Morgan fingerprint density at radius 1 is 0.439 bits per heavy atom. The SMILES string of the molecule is C=CC(=O)OCCOC(=O)CCC(=O)OCc1ccc(OC(=O)C2CCC(C(=O)Oc3ccc(OC(=O)C4CCC(C(=O)Oc5ccc(COC(=O)CCC(=O)OCCOC(=O)C=C)cc5)CC4)c4c3SC(=C(C#N)C#N)S4)CC2)cc1. The van der Waals surface area contributed by atoms with Crippen molar-refractivity contribution in [3.63, 3.8) is 0 Å². The van der Waals surface area contributed by atoms with Crippen LogP contribution in [0.2, 0.25) is 0 Å². The Hall–Kier alpha value is -8.74. The number of ether oxygens (including phenoxy) is 10. The summed E-state index contributed by atoms with van der Waals surface area (Å²) in [5.74, 6) is -7.25. The van der Waals surface area contributed by atoms with Gasteiger partial charge in [-0.15, -0.1) is 0 Å². The van der Waals surface area contributed by atoms with Crippen molar-refractivity contribution in [1.82, 2.24) is 0 Å². The highest BCUT2D eigenvalue weighted by Crippen LogP contribution is 2.59. The number of carbonyl (C=O) groups excluding carboxylic acids is 10. The van der Waals surface area contributed by atoms with Crippen LogP contribution in [0.3, 0.4) is 0 Å². The van der Waals surface area contributed by atoms with Crippen LogP contribution >= 0.6 is 23.5 Å². The molecule has 0 spiro atoms. The molecule has 0 saturated heterocycles. The van der Waals surface area contributed by atoms with Crippen molar-refractivity contribution in [2.24, 2.45) is 23.7 Å².